The van der Waals surface area contributed by atoms with Crippen molar-refractivity contribution in [2.45, 2.75) is 38.5 Å². The van der Waals surface area contributed by atoms with Crippen molar-refractivity contribution in [2.75, 3.05) is 18.4 Å². The van der Waals surface area contributed by atoms with Gasteiger partial charge in [-0.3, -0.25) is 4.79 Å². The van der Waals surface area contributed by atoms with Crippen LogP contribution in [0.2, 0.25) is 10.0 Å². The third-order valence-electron chi connectivity index (χ3n) is 4.45. The molecule has 0 bridgehead atoms. The molecule has 0 unspecified atom stereocenters. The molecule has 1 amide bonds. The standard InChI is InChI=1S/C20H24Cl2N2O3S/c1-4-14-8-7-9-15(5-2)20(14)23-19(25)13-24(6-3)28(26,27)18-12-16(21)10-11-17(18)22/h7-12H,4-6,13H2,1-3H3,(H,23,25). The average Bonchev–Trinajstić information content (AvgIpc) is 2.67. The van der Waals surface area contributed by atoms with Crippen LogP contribution >= 0.6 is 23.2 Å². The number of amides is 1. The first-order valence-electron chi connectivity index (χ1n) is 9.10. The van der Waals surface area contributed by atoms with E-state index in [1.54, 1.807) is 6.92 Å². The molecule has 2 aromatic rings. The lowest BCUT2D eigenvalue weighted by molar-refractivity contribution is -0.116. The van der Waals surface area contributed by atoms with E-state index in [0.717, 1.165) is 34.0 Å². The van der Waals surface area contributed by atoms with E-state index in [4.69, 9.17) is 23.2 Å². The maximum absolute atomic E-state index is 13.0. The third-order valence-corrected chi connectivity index (χ3v) is 7.08. The molecule has 1 N–H and O–H groups in total. The van der Waals surface area contributed by atoms with Crippen molar-refractivity contribution in [1.29, 1.82) is 0 Å². The number of carbonyl (C=O) groups is 1. The number of hydrogen-bond acceptors (Lipinski definition) is 3. The molecule has 0 aromatic heterocycles. The predicted molar refractivity (Wildman–Crippen MR) is 115 cm³/mol. The fourth-order valence-electron chi connectivity index (χ4n) is 2.92. The number of para-hydroxylation sites is 1. The summed E-state index contributed by atoms with van der Waals surface area (Å²) in [7, 11) is -3.97. The largest absolute Gasteiger partial charge is 0.324 e. The van der Waals surface area contributed by atoms with Crippen LogP contribution in [0.25, 0.3) is 0 Å². The van der Waals surface area contributed by atoms with Crippen LogP contribution in [0, 0.1) is 0 Å². The summed E-state index contributed by atoms with van der Waals surface area (Å²) in [6.45, 7) is 5.49. The Balaban J connectivity index is 2.28. The van der Waals surface area contributed by atoms with Crippen molar-refractivity contribution in [1.82, 2.24) is 4.31 Å². The summed E-state index contributed by atoms with van der Waals surface area (Å²) in [6, 6.07) is 10.1. The molecule has 0 aliphatic heterocycles. The Morgan fingerprint density at radius 1 is 1.04 bits per heavy atom. The maximum Gasteiger partial charge on any atom is 0.245 e. The van der Waals surface area contributed by atoms with Gasteiger partial charge in [-0.1, -0.05) is 62.2 Å². The van der Waals surface area contributed by atoms with Crippen molar-refractivity contribution in [3.63, 3.8) is 0 Å². The first kappa shape index (κ1) is 22.7. The van der Waals surface area contributed by atoms with Crippen LogP contribution in [0.15, 0.2) is 41.3 Å². The molecular formula is C20H24Cl2N2O3S. The molecule has 5 nitrogen and oxygen atoms in total. The first-order chi connectivity index (χ1) is 13.2. The highest BCUT2D eigenvalue weighted by Crippen LogP contribution is 2.28. The Morgan fingerprint density at radius 3 is 2.18 bits per heavy atom. The van der Waals surface area contributed by atoms with Crippen LogP contribution in [0.1, 0.15) is 31.9 Å². The molecule has 0 radical (unpaired) electrons. The quantitative estimate of drug-likeness (QED) is 0.639. The summed E-state index contributed by atoms with van der Waals surface area (Å²) >= 11 is 12.0. The van der Waals surface area contributed by atoms with E-state index in [-0.39, 0.29) is 28.0 Å². The van der Waals surface area contributed by atoms with Gasteiger partial charge >= 0.3 is 0 Å². The lowest BCUT2D eigenvalue weighted by Gasteiger charge is -2.22. The van der Waals surface area contributed by atoms with Gasteiger partial charge in [-0.2, -0.15) is 4.31 Å². The van der Waals surface area contributed by atoms with E-state index in [0.29, 0.717) is 0 Å². The maximum atomic E-state index is 13.0. The van der Waals surface area contributed by atoms with Gasteiger partial charge in [0.05, 0.1) is 11.6 Å². The van der Waals surface area contributed by atoms with E-state index in [1.165, 1.54) is 18.2 Å². The van der Waals surface area contributed by atoms with Crippen LogP contribution < -0.4 is 5.32 Å². The number of halogens is 2. The topological polar surface area (TPSA) is 66.5 Å². The normalized spacial score (nSPS) is 11.6. The van der Waals surface area contributed by atoms with E-state index in [1.807, 2.05) is 32.0 Å². The highest BCUT2D eigenvalue weighted by Gasteiger charge is 2.28. The van der Waals surface area contributed by atoms with Gasteiger partial charge in [0.25, 0.3) is 0 Å². The van der Waals surface area contributed by atoms with Gasteiger partial charge in [0, 0.05) is 17.3 Å². The molecule has 0 saturated heterocycles. The van der Waals surface area contributed by atoms with Crippen molar-refractivity contribution in [3.8, 4) is 0 Å². The van der Waals surface area contributed by atoms with Crippen LogP contribution in [0.4, 0.5) is 5.69 Å². The van der Waals surface area contributed by atoms with Gasteiger partial charge in [-0.15, -0.1) is 0 Å². The number of aryl methyl sites for hydroxylation is 2. The lowest BCUT2D eigenvalue weighted by atomic mass is 10.0. The fraction of sp³-hybridized carbons (Fsp3) is 0.350. The number of nitrogens with one attached hydrogen (secondary N) is 1. The molecule has 0 aliphatic carbocycles. The van der Waals surface area contributed by atoms with Crippen molar-refractivity contribution in [3.05, 3.63) is 57.6 Å². The Morgan fingerprint density at radius 2 is 1.64 bits per heavy atom. The summed E-state index contributed by atoms with van der Waals surface area (Å²) in [5.41, 5.74) is 2.78. The molecule has 0 atom stereocenters. The smallest absolute Gasteiger partial charge is 0.245 e. The highest BCUT2D eigenvalue weighted by atomic mass is 35.5. The summed E-state index contributed by atoms with van der Waals surface area (Å²) in [5, 5.41) is 3.21. The second kappa shape index (κ2) is 9.74. The van der Waals surface area contributed by atoms with Crippen molar-refractivity contribution >= 4 is 44.8 Å². The fourth-order valence-corrected chi connectivity index (χ4v) is 5.07. The minimum absolute atomic E-state index is 0.0628. The van der Waals surface area contributed by atoms with Gasteiger partial charge in [-0.05, 0) is 42.2 Å². The molecule has 2 aromatic carbocycles. The molecule has 2 rings (SSSR count). The number of hydrogen-bond donors (Lipinski definition) is 1. The Kier molecular flexibility index (Phi) is 7.89. The molecule has 0 fully saturated rings. The number of benzene rings is 2. The van der Waals surface area contributed by atoms with Crippen LogP contribution in [-0.2, 0) is 27.7 Å². The Labute approximate surface area is 176 Å². The zero-order valence-corrected chi connectivity index (χ0v) is 18.5. The highest BCUT2D eigenvalue weighted by molar-refractivity contribution is 7.89. The van der Waals surface area contributed by atoms with Crippen molar-refractivity contribution < 1.29 is 13.2 Å². The number of nitrogens with zero attached hydrogens (tertiary/aromatic N) is 1. The minimum atomic E-state index is -3.97. The van der Waals surface area contributed by atoms with E-state index < -0.39 is 15.9 Å². The lowest BCUT2D eigenvalue weighted by Crippen LogP contribution is -2.38. The van der Waals surface area contributed by atoms with E-state index in [9.17, 15) is 13.2 Å². The second-order valence-corrected chi connectivity index (χ2v) is 8.96. The van der Waals surface area contributed by atoms with Gasteiger partial charge in [0.2, 0.25) is 15.9 Å². The van der Waals surface area contributed by atoms with Crippen LogP contribution in [0.5, 0.6) is 0 Å². The van der Waals surface area contributed by atoms with Crippen molar-refractivity contribution in [2.24, 2.45) is 0 Å². The summed E-state index contributed by atoms with van der Waals surface area (Å²) in [6.07, 6.45) is 1.52. The zero-order chi connectivity index (χ0) is 20.9. The Hall–Kier alpha value is -1.60. The number of likely N-dealkylation sites (N-methyl/N-ethyl adjacent to an activating group) is 1. The zero-order valence-electron chi connectivity index (χ0n) is 16.1. The molecule has 152 valence electrons. The molecule has 28 heavy (non-hydrogen) atoms. The van der Waals surface area contributed by atoms with E-state index in [2.05, 4.69) is 5.32 Å². The first-order valence-corrected chi connectivity index (χ1v) is 11.3. The molecular weight excluding hydrogens is 419 g/mol. The van der Waals surface area contributed by atoms with Gasteiger partial charge in [-0.25, -0.2) is 8.42 Å². The molecule has 0 aliphatic rings. The second-order valence-electron chi connectivity index (χ2n) is 6.21. The average molecular weight is 443 g/mol. The summed E-state index contributed by atoms with van der Waals surface area (Å²) in [4.78, 5) is 12.6. The molecule has 8 heteroatoms. The van der Waals surface area contributed by atoms with Gasteiger partial charge in [0.1, 0.15) is 4.90 Å². The minimum Gasteiger partial charge on any atom is -0.324 e. The predicted octanol–water partition coefficient (Wildman–Crippen LogP) is 4.77. The number of rotatable bonds is 8. The van der Waals surface area contributed by atoms with Gasteiger partial charge in [0.15, 0.2) is 0 Å². The molecule has 0 heterocycles. The SMILES string of the molecule is CCc1cccc(CC)c1NC(=O)CN(CC)S(=O)(=O)c1cc(Cl)ccc1Cl. The summed E-state index contributed by atoms with van der Waals surface area (Å²) < 4.78 is 27.0. The molecule has 0 spiro atoms. The summed E-state index contributed by atoms with van der Waals surface area (Å²) in [5.74, 6) is -0.404. The van der Waals surface area contributed by atoms with Crippen LogP contribution in [0.3, 0.4) is 0 Å². The monoisotopic (exact) mass is 442 g/mol. The Bertz CT molecular complexity index is 940. The number of carbonyl (C=O) groups excluding carboxylic acids is 1. The number of sulfonamides is 1. The molecule has 0 saturated carbocycles. The third kappa shape index (κ3) is 5.06. The number of anilines is 1. The van der Waals surface area contributed by atoms with E-state index >= 15 is 0 Å². The van der Waals surface area contributed by atoms with Crippen LogP contribution in [-0.4, -0.2) is 31.7 Å². The van der Waals surface area contributed by atoms with Gasteiger partial charge < -0.3 is 5.32 Å².